The monoisotopic (exact) mass is 318 g/mol. The smallest absolute Gasteiger partial charge is 0.116 e. The second-order valence-electron chi connectivity index (χ2n) is 6.17. The first-order chi connectivity index (χ1) is 9.90. The fraction of sp³-hybridized carbons (Fsp3) is 0.412. The molecule has 2 aromatic heterocycles. The largest absolute Gasteiger partial charge is 0.245 e. The van der Waals surface area contributed by atoms with Crippen LogP contribution in [0, 0.1) is 0 Å². The minimum atomic E-state index is 0.125. The van der Waals surface area contributed by atoms with Crippen molar-refractivity contribution in [3.63, 3.8) is 0 Å². The van der Waals surface area contributed by atoms with E-state index in [1.54, 1.807) is 28.7 Å². The topological polar surface area (TPSA) is 25.8 Å². The summed E-state index contributed by atoms with van der Waals surface area (Å²) < 4.78 is 0. The van der Waals surface area contributed by atoms with Gasteiger partial charge >= 0.3 is 0 Å². The van der Waals surface area contributed by atoms with Crippen molar-refractivity contribution in [2.45, 2.75) is 45.4 Å². The Balaban J connectivity index is 1.95. The molecule has 0 N–H and O–H groups in total. The molecule has 0 aromatic carbocycles. The summed E-state index contributed by atoms with van der Waals surface area (Å²) >= 11 is 3.43. The van der Waals surface area contributed by atoms with Gasteiger partial charge in [-0.15, -0.1) is 22.7 Å². The molecule has 2 rings (SSSR count). The standard InChI is InChI=1S/C17H22N2S2/c1-6-15-18-10-13(21-15)12(2)8-7-9-16-19-14(11-20-16)17(3,4)5/h6-7,9-12H,1,8H2,2-5H3/b9-7+. The number of thiazole rings is 2. The molecule has 0 radical (unpaired) electrons. The Bertz CT molecular complexity index is 629. The van der Waals surface area contributed by atoms with E-state index in [1.807, 2.05) is 6.20 Å². The minimum Gasteiger partial charge on any atom is -0.245 e. The highest BCUT2D eigenvalue weighted by Crippen LogP contribution is 2.27. The van der Waals surface area contributed by atoms with Crippen LogP contribution in [0.15, 0.2) is 24.2 Å². The Morgan fingerprint density at radius 2 is 2.10 bits per heavy atom. The van der Waals surface area contributed by atoms with Gasteiger partial charge in [0, 0.05) is 21.9 Å². The van der Waals surface area contributed by atoms with Crippen LogP contribution in [0.1, 0.15) is 60.6 Å². The van der Waals surface area contributed by atoms with E-state index in [-0.39, 0.29) is 5.41 Å². The van der Waals surface area contributed by atoms with Crippen LogP contribution in [0.4, 0.5) is 0 Å². The van der Waals surface area contributed by atoms with Crippen LogP contribution in [0.2, 0.25) is 0 Å². The predicted molar refractivity (Wildman–Crippen MR) is 95.1 cm³/mol. The summed E-state index contributed by atoms with van der Waals surface area (Å²) in [6.45, 7) is 12.6. The van der Waals surface area contributed by atoms with Crippen LogP contribution in [0.3, 0.4) is 0 Å². The van der Waals surface area contributed by atoms with E-state index in [2.05, 4.69) is 61.8 Å². The first-order valence-electron chi connectivity index (χ1n) is 7.11. The van der Waals surface area contributed by atoms with E-state index in [4.69, 9.17) is 0 Å². The number of aromatic nitrogens is 2. The average molecular weight is 319 g/mol. The highest BCUT2D eigenvalue weighted by atomic mass is 32.1. The Morgan fingerprint density at radius 1 is 1.33 bits per heavy atom. The lowest BCUT2D eigenvalue weighted by molar-refractivity contribution is 0.573. The van der Waals surface area contributed by atoms with Crippen LogP contribution in [-0.4, -0.2) is 9.97 Å². The molecular weight excluding hydrogens is 296 g/mol. The SMILES string of the molecule is C=Cc1ncc(C(C)C/C=C/c2nc(C(C)(C)C)cs2)s1. The summed E-state index contributed by atoms with van der Waals surface area (Å²) in [5.74, 6) is 0.481. The summed E-state index contributed by atoms with van der Waals surface area (Å²) in [6.07, 6.45) is 9.11. The van der Waals surface area contributed by atoms with Gasteiger partial charge in [0.05, 0.1) is 5.69 Å². The summed E-state index contributed by atoms with van der Waals surface area (Å²) in [4.78, 5) is 10.3. The van der Waals surface area contributed by atoms with E-state index in [1.165, 1.54) is 10.6 Å². The zero-order chi connectivity index (χ0) is 15.5. The van der Waals surface area contributed by atoms with Gasteiger partial charge in [0.2, 0.25) is 0 Å². The maximum Gasteiger partial charge on any atom is 0.116 e. The molecule has 2 heterocycles. The van der Waals surface area contributed by atoms with E-state index in [0.29, 0.717) is 5.92 Å². The number of hydrogen-bond acceptors (Lipinski definition) is 4. The molecule has 21 heavy (non-hydrogen) atoms. The normalized spacial score (nSPS) is 13.7. The van der Waals surface area contributed by atoms with Gasteiger partial charge in [-0.2, -0.15) is 0 Å². The second kappa shape index (κ2) is 6.67. The van der Waals surface area contributed by atoms with E-state index < -0.39 is 0 Å². The molecule has 112 valence electrons. The fourth-order valence-electron chi connectivity index (χ4n) is 1.82. The molecule has 0 bridgehead atoms. The zero-order valence-electron chi connectivity index (χ0n) is 13.1. The predicted octanol–water partition coefficient (Wildman–Crippen LogP) is 5.75. The molecule has 0 spiro atoms. The van der Waals surface area contributed by atoms with E-state index >= 15 is 0 Å². The third kappa shape index (κ3) is 4.35. The fourth-order valence-corrected chi connectivity index (χ4v) is 3.62. The molecule has 1 unspecified atom stereocenters. The molecular formula is C17H22N2S2. The first-order valence-corrected chi connectivity index (χ1v) is 8.80. The van der Waals surface area contributed by atoms with Gasteiger partial charge in [-0.25, -0.2) is 9.97 Å². The van der Waals surface area contributed by atoms with E-state index in [0.717, 1.165) is 16.4 Å². The van der Waals surface area contributed by atoms with Crippen LogP contribution in [0.5, 0.6) is 0 Å². The number of hydrogen-bond donors (Lipinski definition) is 0. The molecule has 0 saturated carbocycles. The van der Waals surface area contributed by atoms with Crippen molar-refractivity contribution in [2.75, 3.05) is 0 Å². The molecule has 2 aromatic rings. The van der Waals surface area contributed by atoms with Crippen molar-refractivity contribution in [2.24, 2.45) is 0 Å². The molecule has 0 saturated heterocycles. The zero-order valence-corrected chi connectivity index (χ0v) is 14.7. The van der Waals surface area contributed by atoms with Gasteiger partial charge in [0.25, 0.3) is 0 Å². The third-order valence-corrected chi connectivity index (χ3v) is 5.28. The Kier molecular flexibility index (Phi) is 5.12. The molecule has 0 aliphatic rings. The summed E-state index contributed by atoms with van der Waals surface area (Å²) in [5, 5.41) is 4.24. The van der Waals surface area contributed by atoms with Crippen molar-refractivity contribution in [3.8, 4) is 0 Å². The molecule has 0 aliphatic heterocycles. The Labute approximate surface area is 135 Å². The van der Waals surface area contributed by atoms with Crippen molar-refractivity contribution >= 4 is 34.8 Å². The van der Waals surface area contributed by atoms with Crippen LogP contribution >= 0.6 is 22.7 Å². The highest BCUT2D eigenvalue weighted by Gasteiger charge is 2.16. The molecule has 1 atom stereocenters. The summed E-state index contributed by atoms with van der Waals surface area (Å²) in [7, 11) is 0. The number of allylic oxidation sites excluding steroid dienone is 1. The second-order valence-corrected chi connectivity index (χ2v) is 8.15. The summed E-state index contributed by atoms with van der Waals surface area (Å²) in [5.41, 5.74) is 1.29. The lowest BCUT2D eigenvalue weighted by atomic mass is 9.93. The maximum absolute atomic E-state index is 4.68. The number of nitrogens with zero attached hydrogens (tertiary/aromatic N) is 2. The highest BCUT2D eigenvalue weighted by molar-refractivity contribution is 7.12. The Hall–Kier alpha value is -1.26. The van der Waals surface area contributed by atoms with E-state index in [9.17, 15) is 0 Å². The average Bonchev–Trinajstić information content (AvgIpc) is 3.06. The lowest BCUT2D eigenvalue weighted by Gasteiger charge is -2.13. The van der Waals surface area contributed by atoms with Crippen LogP contribution in [-0.2, 0) is 5.41 Å². The molecule has 0 amide bonds. The molecule has 2 nitrogen and oxygen atoms in total. The Morgan fingerprint density at radius 3 is 2.67 bits per heavy atom. The van der Waals surface area contributed by atoms with Gasteiger partial charge in [-0.05, 0) is 24.5 Å². The van der Waals surface area contributed by atoms with Gasteiger partial charge in [-0.3, -0.25) is 0 Å². The molecule has 0 fully saturated rings. The maximum atomic E-state index is 4.68. The van der Waals surface area contributed by atoms with Crippen LogP contribution < -0.4 is 0 Å². The first kappa shape index (κ1) is 16.1. The van der Waals surface area contributed by atoms with Gasteiger partial charge in [0.15, 0.2) is 0 Å². The van der Waals surface area contributed by atoms with Gasteiger partial charge in [0.1, 0.15) is 10.0 Å². The van der Waals surface area contributed by atoms with Crippen molar-refractivity contribution in [1.29, 1.82) is 0 Å². The molecule has 0 aliphatic carbocycles. The van der Waals surface area contributed by atoms with Crippen LogP contribution in [0.25, 0.3) is 12.2 Å². The minimum absolute atomic E-state index is 0.125. The number of rotatable bonds is 5. The van der Waals surface area contributed by atoms with Gasteiger partial charge in [-0.1, -0.05) is 40.3 Å². The lowest BCUT2D eigenvalue weighted by Crippen LogP contribution is -2.11. The summed E-state index contributed by atoms with van der Waals surface area (Å²) in [6, 6.07) is 0. The van der Waals surface area contributed by atoms with Crippen molar-refractivity contribution < 1.29 is 0 Å². The molecule has 4 heteroatoms. The van der Waals surface area contributed by atoms with Crippen molar-refractivity contribution in [3.05, 3.63) is 44.8 Å². The quantitative estimate of drug-likeness (QED) is 0.701. The third-order valence-electron chi connectivity index (χ3n) is 3.24. The van der Waals surface area contributed by atoms with Crippen molar-refractivity contribution in [1.82, 2.24) is 9.97 Å². The van der Waals surface area contributed by atoms with Gasteiger partial charge < -0.3 is 0 Å².